The summed E-state index contributed by atoms with van der Waals surface area (Å²) in [6, 6.07) is 4.27. The maximum atomic E-state index is 6.02. The molecule has 0 spiro atoms. The Morgan fingerprint density at radius 1 is 1.29 bits per heavy atom. The van der Waals surface area contributed by atoms with Crippen LogP contribution < -0.4 is 5.73 Å². The van der Waals surface area contributed by atoms with Gasteiger partial charge in [-0.25, -0.2) is 0 Å². The van der Waals surface area contributed by atoms with Crippen LogP contribution in [0.4, 0.5) is 0 Å². The van der Waals surface area contributed by atoms with Crippen LogP contribution in [0.25, 0.3) is 0 Å². The van der Waals surface area contributed by atoms with Gasteiger partial charge in [-0.15, -0.1) is 0 Å². The molecule has 0 saturated carbocycles. The van der Waals surface area contributed by atoms with E-state index in [1.165, 1.54) is 11.1 Å². The quantitative estimate of drug-likeness (QED) is 0.836. The van der Waals surface area contributed by atoms with Gasteiger partial charge in [0, 0.05) is 6.04 Å². The second-order valence-corrected chi connectivity index (χ2v) is 4.21. The van der Waals surface area contributed by atoms with E-state index in [0.717, 1.165) is 12.8 Å². The van der Waals surface area contributed by atoms with Gasteiger partial charge < -0.3 is 10.2 Å². The van der Waals surface area contributed by atoms with Crippen molar-refractivity contribution < 1.29 is 4.42 Å². The fourth-order valence-electron chi connectivity index (χ4n) is 1.50. The zero-order valence-electron chi connectivity index (χ0n) is 7.85. The number of rotatable bonds is 4. The summed E-state index contributed by atoms with van der Waals surface area (Å²) in [5, 5.41) is 4.23. The number of furan rings is 1. The topological polar surface area (TPSA) is 39.2 Å². The molecule has 14 heavy (non-hydrogen) atoms. The molecule has 74 valence electrons. The van der Waals surface area contributed by atoms with Crippen molar-refractivity contribution in [1.82, 2.24) is 0 Å². The smallest absolute Gasteiger partial charge is 0.0935 e. The molecule has 2 rings (SSSR count). The van der Waals surface area contributed by atoms with Crippen molar-refractivity contribution in [3.63, 3.8) is 0 Å². The summed E-state index contributed by atoms with van der Waals surface area (Å²) in [5.41, 5.74) is 8.52. The first kappa shape index (κ1) is 9.49. The third-order valence-corrected chi connectivity index (χ3v) is 2.89. The fourth-order valence-corrected chi connectivity index (χ4v) is 2.18. The molecule has 0 saturated heterocycles. The molecule has 0 amide bonds. The fraction of sp³-hybridized carbons (Fsp3) is 0.273. The molecule has 0 aliphatic carbocycles. The van der Waals surface area contributed by atoms with Gasteiger partial charge in [-0.1, -0.05) is 0 Å². The van der Waals surface area contributed by atoms with Crippen LogP contribution in [0, 0.1) is 0 Å². The van der Waals surface area contributed by atoms with Crippen LogP contribution >= 0.6 is 11.3 Å². The summed E-state index contributed by atoms with van der Waals surface area (Å²) in [6.07, 6.45) is 5.27. The lowest BCUT2D eigenvalue weighted by Crippen LogP contribution is -2.24. The van der Waals surface area contributed by atoms with Gasteiger partial charge >= 0.3 is 0 Å². The summed E-state index contributed by atoms with van der Waals surface area (Å²) < 4.78 is 5.00. The highest BCUT2D eigenvalue weighted by atomic mass is 32.1. The molecule has 0 aromatic carbocycles. The second-order valence-electron chi connectivity index (χ2n) is 3.43. The molecule has 2 N–H and O–H groups in total. The van der Waals surface area contributed by atoms with E-state index in [1.54, 1.807) is 23.9 Å². The van der Waals surface area contributed by atoms with E-state index in [2.05, 4.69) is 16.8 Å². The Hall–Kier alpha value is -1.06. The summed E-state index contributed by atoms with van der Waals surface area (Å²) in [7, 11) is 0. The van der Waals surface area contributed by atoms with Gasteiger partial charge in [-0.3, -0.25) is 0 Å². The predicted molar refractivity (Wildman–Crippen MR) is 58.4 cm³/mol. The molecule has 2 aromatic heterocycles. The monoisotopic (exact) mass is 207 g/mol. The zero-order valence-corrected chi connectivity index (χ0v) is 8.67. The molecule has 2 heterocycles. The van der Waals surface area contributed by atoms with Gasteiger partial charge in [0.15, 0.2) is 0 Å². The summed E-state index contributed by atoms with van der Waals surface area (Å²) >= 11 is 1.72. The van der Waals surface area contributed by atoms with Crippen LogP contribution in [-0.4, -0.2) is 6.04 Å². The van der Waals surface area contributed by atoms with Crippen molar-refractivity contribution in [2.45, 2.75) is 18.9 Å². The Labute approximate surface area is 87.4 Å². The third kappa shape index (κ3) is 2.47. The molecule has 0 aliphatic heterocycles. The Bertz CT molecular complexity index is 316. The molecule has 0 radical (unpaired) electrons. The molecule has 0 aliphatic rings. The lowest BCUT2D eigenvalue weighted by molar-refractivity contribution is 0.559. The maximum Gasteiger partial charge on any atom is 0.0935 e. The molecule has 2 nitrogen and oxygen atoms in total. The van der Waals surface area contributed by atoms with Crippen molar-refractivity contribution in [3.05, 3.63) is 46.5 Å². The van der Waals surface area contributed by atoms with Crippen molar-refractivity contribution in [2.24, 2.45) is 5.73 Å². The summed E-state index contributed by atoms with van der Waals surface area (Å²) in [6.45, 7) is 0. The molecule has 0 bridgehead atoms. The van der Waals surface area contributed by atoms with Crippen molar-refractivity contribution in [1.29, 1.82) is 0 Å². The molecule has 3 heteroatoms. The third-order valence-electron chi connectivity index (χ3n) is 2.16. The lowest BCUT2D eigenvalue weighted by atomic mass is 10.0. The van der Waals surface area contributed by atoms with E-state index in [1.807, 2.05) is 6.07 Å². The van der Waals surface area contributed by atoms with E-state index in [9.17, 15) is 0 Å². The van der Waals surface area contributed by atoms with Crippen LogP contribution in [0.1, 0.15) is 11.1 Å². The van der Waals surface area contributed by atoms with Crippen molar-refractivity contribution >= 4 is 11.3 Å². The minimum absolute atomic E-state index is 0.183. The average Bonchev–Trinajstić information content (AvgIpc) is 2.76. The minimum Gasteiger partial charge on any atom is -0.472 e. The van der Waals surface area contributed by atoms with E-state index < -0.39 is 0 Å². The normalized spacial score (nSPS) is 12.9. The van der Waals surface area contributed by atoms with E-state index in [0.29, 0.717) is 0 Å². The Balaban J connectivity index is 1.88. The zero-order chi connectivity index (χ0) is 9.80. The Kier molecular flexibility index (Phi) is 3.01. The van der Waals surface area contributed by atoms with Gasteiger partial charge in [0.1, 0.15) is 0 Å². The van der Waals surface area contributed by atoms with Gasteiger partial charge in [0.2, 0.25) is 0 Å². The van der Waals surface area contributed by atoms with Gasteiger partial charge in [-0.05, 0) is 46.9 Å². The summed E-state index contributed by atoms with van der Waals surface area (Å²) in [5.74, 6) is 0. The van der Waals surface area contributed by atoms with Crippen LogP contribution in [0.5, 0.6) is 0 Å². The van der Waals surface area contributed by atoms with Gasteiger partial charge in [0.25, 0.3) is 0 Å². The molecule has 0 fully saturated rings. The van der Waals surface area contributed by atoms with Crippen molar-refractivity contribution in [3.8, 4) is 0 Å². The van der Waals surface area contributed by atoms with E-state index in [-0.39, 0.29) is 6.04 Å². The lowest BCUT2D eigenvalue weighted by Gasteiger charge is -2.08. The maximum absolute atomic E-state index is 6.02. The average molecular weight is 207 g/mol. The highest BCUT2D eigenvalue weighted by molar-refractivity contribution is 7.07. The van der Waals surface area contributed by atoms with Crippen LogP contribution in [0.15, 0.2) is 39.8 Å². The molecule has 2 aromatic rings. The van der Waals surface area contributed by atoms with Gasteiger partial charge in [-0.2, -0.15) is 11.3 Å². The highest BCUT2D eigenvalue weighted by Crippen LogP contribution is 2.11. The number of nitrogens with two attached hydrogens (primary N) is 1. The molecule has 1 unspecified atom stereocenters. The number of hydrogen-bond donors (Lipinski definition) is 1. The highest BCUT2D eigenvalue weighted by Gasteiger charge is 2.06. The second kappa shape index (κ2) is 4.44. The van der Waals surface area contributed by atoms with Crippen molar-refractivity contribution in [2.75, 3.05) is 0 Å². The molecular formula is C11H13NOS. The van der Waals surface area contributed by atoms with Gasteiger partial charge in [0.05, 0.1) is 12.5 Å². The van der Waals surface area contributed by atoms with E-state index >= 15 is 0 Å². The first-order valence-electron chi connectivity index (χ1n) is 4.62. The number of hydrogen-bond acceptors (Lipinski definition) is 3. The first-order chi connectivity index (χ1) is 6.84. The first-order valence-corrected chi connectivity index (χ1v) is 5.56. The van der Waals surface area contributed by atoms with Crippen LogP contribution in [-0.2, 0) is 12.8 Å². The number of thiophene rings is 1. The summed E-state index contributed by atoms with van der Waals surface area (Å²) in [4.78, 5) is 0. The van der Waals surface area contributed by atoms with E-state index in [4.69, 9.17) is 10.2 Å². The largest absolute Gasteiger partial charge is 0.472 e. The Morgan fingerprint density at radius 3 is 2.79 bits per heavy atom. The molecule has 1 atom stereocenters. The Morgan fingerprint density at radius 2 is 2.14 bits per heavy atom. The predicted octanol–water partition coefficient (Wildman–Crippen LogP) is 2.45. The van der Waals surface area contributed by atoms with Crippen LogP contribution in [0.3, 0.4) is 0 Å². The van der Waals surface area contributed by atoms with Crippen LogP contribution in [0.2, 0.25) is 0 Å². The SMILES string of the molecule is NC(Cc1ccoc1)Cc1ccsc1. The standard InChI is InChI=1S/C11H13NOS/c12-11(5-9-1-3-13-7-9)6-10-2-4-14-8-10/h1-4,7-8,11H,5-6,12H2. The minimum atomic E-state index is 0.183. The molecular weight excluding hydrogens is 194 g/mol.